The number of aromatic amines is 1. The van der Waals surface area contributed by atoms with Gasteiger partial charge in [-0.25, -0.2) is 0 Å². The number of carbonyl (C=O) groups excluding carboxylic acids is 2. The number of halogens is 3. The van der Waals surface area contributed by atoms with Gasteiger partial charge in [-0.05, 0) is 18.9 Å². The van der Waals surface area contributed by atoms with Crippen LogP contribution >= 0.6 is 34.8 Å². The summed E-state index contributed by atoms with van der Waals surface area (Å²) in [6.45, 7) is 3.90. The van der Waals surface area contributed by atoms with Crippen molar-refractivity contribution in [2.24, 2.45) is 5.92 Å². The molecule has 1 aromatic rings. The van der Waals surface area contributed by atoms with Crippen LogP contribution in [0.15, 0.2) is 12.3 Å². The first-order valence-electron chi connectivity index (χ1n) is 5.65. The summed E-state index contributed by atoms with van der Waals surface area (Å²) in [4.78, 5) is 26.4. The average Bonchev–Trinajstić information content (AvgIpc) is 2.77. The van der Waals surface area contributed by atoms with Crippen molar-refractivity contribution in [2.45, 2.75) is 30.5 Å². The van der Waals surface area contributed by atoms with Gasteiger partial charge in [0.1, 0.15) is 0 Å². The lowest BCUT2D eigenvalue weighted by atomic mass is 9.94. The maximum atomic E-state index is 12.1. The van der Waals surface area contributed by atoms with Crippen molar-refractivity contribution in [3.8, 4) is 0 Å². The van der Waals surface area contributed by atoms with Crippen LogP contribution in [0.5, 0.6) is 0 Å². The summed E-state index contributed by atoms with van der Waals surface area (Å²) >= 11 is 16.5. The molecular formula is C12H14Cl3NO2. The van der Waals surface area contributed by atoms with Crippen molar-refractivity contribution >= 4 is 46.4 Å². The molecule has 0 aliphatic rings. The van der Waals surface area contributed by atoms with Crippen molar-refractivity contribution in [3.63, 3.8) is 0 Å². The quantitative estimate of drug-likeness (QED) is 0.655. The van der Waals surface area contributed by atoms with Gasteiger partial charge < -0.3 is 4.98 Å². The Morgan fingerprint density at radius 2 is 1.83 bits per heavy atom. The van der Waals surface area contributed by atoms with Crippen molar-refractivity contribution in [3.05, 3.63) is 23.5 Å². The molecule has 1 N–H and O–H groups in total. The highest BCUT2D eigenvalue weighted by atomic mass is 35.6. The molecule has 1 aromatic heterocycles. The second-order valence-corrected chi connectivity index (χ2v) is 6.29. The Morgan fingerprint density at radius 1 is 1.28 bits per heavy atom. The van der Waals surface area contributed by atoms with Gasteiger partial charge in [-0.1, -0.05) is 48.7 Å². The molecule has 0 aliphatic carbocycles. The lowest BCUT2D eigenvalue weighted by Gasteiger charge is -2.09. The second-order valence-electron chi connectivity index (χ2n) is 4.01. The summed E-state index contributed by atoms with van der Waals surface area (Å²) in [7, 11) is 0. The van der Waals surface area contributed by atoms with Crippen molar-refractivity contribution in [1.29, 1.82) is 0 Å². The molecule has 0 saturated carbocycles. The standard InChI is InChI=1S/C12H14Cl3NO2/c1-3-7(4-2)10(17)8-5-9(16-6-8)11(18)12(13,14)15/h5-7,16H,3-4H2,1-2H3. The van der Waals surface area contributed by atoms with Gasteiger partial charge in [0.25, 0.3) is 3.79 Å². The summed E-state index contributed by atoms with van der Waals surface area (Å²) in [5, 5.41) is 0. The topological polar surface area (TPSA) is 49.9 Å². The molecule has 0 spiro atoms. The van der Waals surface area contributed by atoms with Gasteiger partial charge in [-0.2, -0.15) is 0 Å². The monoisotopic (exact) mass is 309 g/mol. The number of Topliss-reactive ketones (excluding diaryl/α,β-unsaturated/α-hetero) is 2. The van der Waals surface area contributed by atoms with Crippen LogP contribution in [0, 0.1) is 5.92 Å². The van der Waals surface area contributed by atoms with E-state index in [1.807, 2.05) is 13.8 Å². The molecule has 18 heavy (non-hydrogen) atoms. The van der Waals surface area contributed by atoms with E-state index in [-0.39, 0.29) is 17.4 Å². The number of hydrogen-bond acceptors (Lipinski definition) is 2. The molecule has 1 heterocycles. The predicted molar refractivity (Wildman–Crippen MR) is 73.8 cm³/mol. The number of ketones is 2. The third-order valence-electron chi connectivity index (χ3n) is 2.83. The van der Waals surface area contributed by atoms with Gasteiger partial charge >= 0.3 is 0 Å². The van der Waals surface area contributed by atoms with Gasteiger partial charge in [0.05, 0.1) is 5.69 Å². The molecule has 0 bridgehead atoms. The Bertz CT molecular complexity index is 444. The number of aromatic nitrogens is 1. The van der Waals surface area contributed by atoms with Gasteiger partial charge in [0.2, 0.25) is 5.78 Å². The van der Waals surface area contributed by atoms with Crippen LogP contribution in [-0.2, 0) is 0 Å². The second kappa shape index (κ2) is 6.09. The highest BCUT2D eigenvalue weighted by Gasteiger charge is 2.33. The predicted octanol–water partition coefficient (Wildman–Crippen LogP) is 4.19. The van der Waals surface area contributed by atoms with E-state index in [0.29, 0.717) is 5.56 Å². The fourth-order valence-electron chi connectivity index (χ4n) is 1.72. The minimum atomic E-state index is -2.01. The summed E-state index contributed by atoms with van der Waals surface area (Å²) in [6.07, 6.45) is 2.99. The Hall–Kier alpha value is -0.510. The lowest BCUT2D eigenvalue weighted by molar-refractivity contribution is 0.0913. The van der Waals surface area contributed by atoms with Gasteiger partial charge in [0.15, 0.2) is 5.78 Å². The van der Waals surface area contributed by atoms with Crippen LogP contribution in [0.2, 0.25) is 0 Å². The molecule has 0 aromatic carbocycles. The summed E-state index contributed by atoms with van der Waals surface area (Å²) in [5.41, 5.74) is 0.575. The molecule has 1 rings (SSSR count). The average molecular weight is 311 g/mol. The minimum absolute atomic E-state index is 0.000354. The third kappa shape index (κ3) is 3.50. The summed E-state index contributed by atoms with van der Waals surface area (Å²) in [5.74, 6) is -0.716. The zero-order valence-electron chi connectivity index (χ0n) is 10.1. The Balaban J connectivity index is 2.94. The number of alkyl halides is 3. The first-order chi connectivity index (χ1) is 8.31. The Kier molecular flexibility index (Phi) is 5.26. The van der Waals surface area contributed by atoms with E-state index in [2.05, 4.69) is 4.98 Å². The van der Waals surface area contributed by atoms with Crippen LogP contribution < -0.4 is 0 Å². The summed E-state index contributed by atoms with van der Waals surface area (Å²) in [6, 6.07) is 1.44. The maximum absolute atomic E-state index is 12.1. The van der Waals surface area contributed by atoms with E-state index < -0.39 is 9.58 Å². The van der Waals surface area contributed by atoms with Gasteiger partial charge in [-0.3, -0.25) is 9.59 Å². The smallest absolute Gasteiger partial charge is 0.254 e. The highest BCUT2D eigenvalue weighted by molar-refractivity contribution is 6.77. The number of hydrogen-bond donors (Lipinski definition) is 1. The minimum Gasteiger partial charge on any atom is -0.358 e. The van der Waals surface area contributed by atoms with Crippen LogP contribution in [0.25, 0.3) is 0 Å². The number of rotatable bonds is 5. The molecule has 6 heteroatoms. The Labute approximate surface area is 121 Å². The van der Waals surface area contributed by atoms with Crippen LogP contribution in [-0.4, -0.2) is 20.3 Å². The van der Waals surface area contributed by atoms with Crippen LogP contribution in [0.1, 0.15) is 47.5 Å². The maximum Gasteiger partial charge on any atom is 0.254 e. The molecule has 0 unspecified atom stereocenters. The highest BCUT2D eigenvalue weighted by Crippen LogP contribution is 2.30. The van der Waals surface area contributed by atoms with Gasteiger partial charge in [-0.15, -0.1) is 0 Å². The molecule has 0 aliphatic heterocycles. The zero-order chi connectivity index (χ0) is 13.9. The number of H-pyrrole nitrogens is 1. The number of carbonyl (C=O) groups is 2. The molecule has 100 valence electrons. The Morgan fingerprint density at radius 3 is 2.28 bits per heavy atom. The molecule has 0 amide bonds. The largest absolute Gasteiger partial charge is 0.358 e. The summed E-state index contributed by atoms with van der Waals surface area (Å²) < 4.78 is -2.01. The molecule has 0 saturated heterocycles. The van der Waals surface area contributed by atoms with E-state index in [4.69, 9.17) is 34.8 Å². The van der Waals surface area contributed by atoms with Gasteiger partial charge in [0, 0.05) is 17.7 Å². The molecule has 0 radical (unpaired) electrons. The van der Waals surface area contributed by atoms with Crippen molar-refractivity contribution in [1.82, 2.24) is 4.98 Å². The zero-order valence-corrected chi connectivity index (χ0v) is 12.4. The van der Waals surface area contributed by atoms with E-state index in [1.54, 1.807) is 0 Å². The van der Waals surface area contributed by atoms with E-state index >= 15 is 0 Å². The van der Waals surface area contributed by atoms with E-state index in [0.717, 1.165) is 12.8 Å². The van der Waals surface area contributed by atoms with E-state index in [1.165, 1.54) is 12.3 Å². The number of nitrogens with one attached hydrogen (secondary N) is 1. The lowest BCUT2D eigenvalue weighted by Crippen LogP contribution is -2.19. The first-order valence-corrected chi connectivity index (χ1v) is 6.78. The van der Waals surface area contributed by atoms with Crippen LogP contribution in [0.3, 0.4) is 0 Å². The molecular weight excluding hydrogens is 296 g/mol. The fraction of sp³-hybridized carbons (Fsp3) is 0.500. The third-order valence-corrected chi connectivity index (χ3v) is 3.34. The first kappa shape index (κ1) is 15.5. The molecule has 0 fully saturated rings. The molecule has 3 nitrogen and oxygen atoms in total. The van der Waals surface area contributed by atoms with E-state index in [9.17, 15) is 9.59 Å². The fourth-order valence-corrected chi connectivity index (χ4v) is 2.02. The van der Waals surface area contributed by atoms with Crippen LogP contribution in [0.4, 0.5) is 0 Å². The SMILES string of the molecule is CCC(CC)C(=O)c1c[nH]c(C(=O)C(Cl)(Cl)Cl)c1. The molecule has 0 atom stereocenters. The van der Waals surface area contributed by atoms with Crippen molar-refractivity contribution < 1.29 is 9.59 Å². The normalized spacial score (nSPS) is 11.9. The van der Waals surface area contributed by atoms with Crippen molar-refractivity contribution in [2.75, 3.05) is 0 Å².